The molecule has 0 spiro atoms. The van der Waals surface area contributed by atoms with E-state index in [0.29, 0.717) is 61.9 Å². The molecule has 1 atom stereocenters. The lowest BCUT2D eigenvalue weighted by molar-refractivity contribution is -0.128. The molecule has 0 bridgehead atoms. The molecule has 0 saturated carbocycles. The fourth-order valence-electron chi connectivity index (χ4n) is 3.98. The average Bonchev–Trinajstić information content (AvgIpc) is 2.91. The first-order valence-corrected chi connectivity index (χ1v) is 11.8. The number of morpholine rings is 1. The topological polar surface area (TPSA) is 101 Å². The van der Waals surface area contributed by atoms with Gasteiger partial charge < -0.3 is 19.5 Å². The minimum Gasteiger partial charge on any atom is -0.493 e. The zero-order valence-electron chi connectivity index (χ0n) is 20.4. The maximum atomic E-state index is 13.0. The van der Waals surface area contributed by atoms with Crippen molar-refractivity contribution in [1.29, 1.82) is 0 Å². The van der Waals surface area contributed by atoms with Crippen LogP contribution in [0.5, 0.6) is 11.5 Å². The van der Waals surface area contributed by atoms with Crippen molar-refractivity contribution < 1.29 is 23.8 Å². The number of para-hydroxylation sites is 1. The lowest BCUT2D eigenvalue weighted by Gasteiger charge is -2.33. The SMILES string of the molecule is COc1cccc(/C=N/NC(=O)C(CCCCNC(=O)c2ccccc2)N2CCOCC2)c1OC. The van der Waals surface area contributed by atoms with E-state index in [1.165, 1.54) is 0 Å². The standard InChI is InChI=1S/C26H34N4O5/c1-33-23-13-8-11-21(24(23)34-2)19-28-29-26(32)22(30-15-17-35-18-16-30)12-6-7-14-27-25(31)20-9-4-3-5-10-20/h3-5,8-11,13,19,22H,6-7,12,14-18H2,1-2H3,(H,27,31)(H,29,32)/b28-19+. The van der Waals surface area contributed by atoms with E-state index in [2.05, 4.69) is 20.7 Å². The lowest BCUT2D eigenvalue weighted by Crippen LogP contribution is -2.50. The summed E-state index contributed by atoms with van der Waals surface area (Å²) >= 11 is 0. The van der Waals surface area contributed by atoms with Gasteiger partial charge in [0.1, 0.15) is 0 Å². The predicted octanol–water partition coefficient (Wildman–Crippen LogP) is 2.46. The number of rotatable bonds is 12. The molecule has 1 heterocycles. The van der Waals surface area contributed by atoms with Crippen LogP contribution in [0.1, 0.15) is 35.2 Å². The quantitative estimate of drug-likeness (QED) is 0.274. The molecule has 3 rings (SSSR count). The molecule has 1 aliphatic rings. The number of carbonyl (C=O) groups excluding carboxylic acids is 2. The summed E-state index contributed by atoms with van der Waals surface area (Å²) < 4.78 is 16.2. The van der Waals surface area contributed by atoms with Crippen LogP contribution in [0.15, 0.2) is 53.6 Å². The van der Waals surface area contributed by atoms with Crippen LogP contribution < -0.4 is 20.2 Å². The maximum absolute atomic E-state index is 13.0. The van der Waals surface area contributed by atoms with Gasteiger partial charge in [0.05, 0.1) is 39.7 Å². The van der Waals surface area contributed by atoms with Crippen molar-refractivity contribution in [2.45, 2.75) is 25.3 Å². The zero-order chi connectivity index (χ0) is 24.9. The molecule has 2 amide bonds. The fourth-order valence-corrected chi connectivity index (χ4v) is 3.98. The third-order valence-corrected chi connectivity index (χ3v) is 5.83. The Morgan fingerprint density at radius 2 is 1.83 bits per heavy atom. The van der Waals surface area contributed by atoms with E-state index < -0.39 is 0 Å². The number of amides is 2. The number of nitrogens with zero attached hydrogens (tertiary/aromatic N) is 2. The van der Waals surface area contributed by atoms with Gasteiger partial charge >= 0.3 is 0 Å². The third-order valence-electron chi connectivity index (χ3n) is 5.83. The molecule has 0 aromatic heterocycles. The highest BCUT2D eigenvalue weighted by Gasteiger charge is 2.27. The molecule has 0 radical (unpaired) electrons. The smallest absolute Gasteiger partial charge is 0.257 e. The Hall–Kier alpha value is -3.43. The van der Waals surface area contributed by atoms with Gasteiger partial charge in [0.25, 0.3) is 11.8 Å². The monoisotopic (exact) mass is 482 g/mol. The van der Waals surface area contributed by atoms with Gasteiger partial charge in [-0.2, -0.15) is 5.10 Å². The first kappa shape index (κ1) is 26.2. The van der Waals surface area contributed by atoms with Crippen LogP contribution in [-0.4, -0.2) is 76.0 Å². The van der Waals surface area contributed by atoms with Crippen molar-refractivity contribution in [2.75, 3.05) is 47.1 Å². The summed E-state index contributed by atoms with van der Waals surface area (Å²) in [5, 5.41) is 7.10. The van der Waals surface area contributed by atoms with Crippen LogP contribution in [0.4, 0.5) is 0 Å². The Labute approximate surface area is 206 Å². The molecule has 9 heteroatoms. The lowest BCUT2D eigenvalue weighted by atomic mass is 10.1. The molecular formula is C26H34N4O5. The molecule has 2 aromatic rings. The number of carbonyl (C=O) groups is 2. The molecule has 1 unspecified atom stereocenters. The van der Waals surface area contributed by atoms with Gasteiger partial charge in [-0.1, -0.05) is 24.3 Å². The molecule has 1 aliphatic heterocycles. The van der Waals surface area contributed by atoms with Crippen molar-refractivity contribution in [3.8, 4) is 11.5 Å². The molecule has 1 saturated heterocycles. The average molecular weight is 483 g/mol. The van der Waals surface area contributed by atoms with Crippen molar-refractivity contribution in [2.24, 2.45) is 5.10 Å². The Morgan fingerprint density at radius 3 is 2.54 bits per heavy atom. The summed E-state index contributed by atoms with van der Waals surface area (Å²) in [6.45, 7) is 3.13. The first-order chi connectivity index (χ1) is 17.1. The number of unbranched alkanes of at least 4 members (excludes halogenated alkanes) is 1. The fraction of sp³-hybridized carbons (Fsp3) is 0.423. The van der Waals surface area contributed by atoms with E-state index in [4.69, 9.17) is 14.2 Å². The van der Waals surface area contributed by atoms with Crippen LogP contribution in [0.25, 0.3) is 0 Å². The van der Waals surface area contributed by atoms with Crippen LogP contribution in [0.3, 0.4) is 0 Å². The van der Waals surface area contributed by atoms with E-state index in [1.54, 1.807) is 38.6 Å². The summed E-state index contributed by atoms with van der Waals surface area (Å²) in [4.78, 5) is 27.4. The van der Waals surface area contributed by atoms with Crippen LogP contribution in [0, 0.1) is 0 Å². The highest BCUT2D eigenvalue weighted by Crippen LogP contribution is 2.29. The van der Waals surface area contributed by atoms with Crippen molar-refractivity contribution in [3.05, 3.63) is 59.7 Å². The Bertz CT molecular complexity index is 977. The van der Waals surface area contributed by atoms with E-state index in [9.17, 15) is 9.59 Å². The molecule has 35 heavy (non-hydrogen) atoms. The van der Waals surface area contributed by atoms with Gasteiger partial charge in [0.15, 0.2) is 11.5 Å². The van der Waals surface area contributed by atoms with Gasteiger partial charge in [-0.3, -0.25) is 14.5 Å². The highest BCUT2D eigenvalue weighted by atomic mass is 16.5. The first-order valence-electron chi connectivity index (χ1n) is 11.8. The van der Waals surface area contributed by atoms with Crippen LogP contribution in [-0.2, 0) is 9.53 Å². The minimum absolute atomic E-state index is 0.0876. The third kappa shape index (κ3) is 7.80. The minimum atomic E-state index is -0.326. The van der Waals surface area contributed by atoms with Gasteiger partial charge in [-0.15, -0.1) is 0 Å². The second-order valence-electron chi connectivity index (χ2n) is 8.10. The van der Waals surface area contributed by atoms with Crippen molar-refractivity contribution in [1.82, 2.24) is 15.6 Å². The Morgan fingerprint density at radius 1 is 1.06 bits per heavy atom. The van der Waals surface area contributed by atoms with Gasteiger partial charge in [0, 0.05) is 30.8 Å². The number of ether oxygens (including phenoxy) is 3. The largest absolute Gasteiger partial charge is 0.493 e. The number of hydrogen-bond donors (Lipinski definition) is 2. The summed E-state index contributed by atoms with van der Waals surface area (Å²) in [5.74, 6) is 0.886. The highest BCUT2D eigenvalue weighted by molar-refractivity contribution is 5.94. The molecular weight excluding hydrogens is 448 g/mol. The molecule has 2 aromatic carbocycles. The summed E-state index contributed by atoms with van der Waals surface area (Å²) in [5.41, 5.74) is 4.02. The maximum Gasteiger partial charge on any atom is 0.257 e. The summed E-state index contributed by atoms with van der Waals surface area (Å²) in [6.07, 6.45) is 3.77. The molecule has 188 valence electrons. The van der Waals surface area contributed by atoms with Gasteiger partial charge in [-0.05, 0) is 43.5 Å². The predicted molar refractivity (Wildman–Crippen MR) is 134 cm³/mol. The number of methoxy groups -OCH3 is 2. The molecule has 1 fully saturated rings. The normalized spacial score (nSPS) is 14.9. The Balaban J connectivity index is 1.53. The number of benzene rings is 2. The van der Waals surface area contributed by atoms with Crippen LogP contribution >= 0.6 is 0 Å². The summed E-state index contributed by atoms with van der Waals surface area (Å²) in [7, 11) is 3.13. The second kappa shape index (κ2) is 14.1. The van der Waals surface area contributed by atoms with Gasteiger partial charge in [-0.25, -0.2) is 5.43 Å². The van der Waals surface area contributed by atoms with Crippen molar-refractivity contribution in [3.63, 3.8) is 0 Å². The molecule has 9 nitrogen and oxygen atoms in total. The van der Waals surface area contributed by atoms with E-state index in [1.807, 2.05) is 30.3 Å². The second-order valence-corrected chi connectivity index (χ2v) is 8.10. The van der Waals surface area contributed by atoms with Gasteiger partial charge in [0.2, 0.25) is 0 Å². The van der Waals surface area contributed by atoms with E-state index in [0.717, 1.165) is 12.8 Å². The number of hydrogen-bond acceptors (Lipinski definition) is 7. The van der Waals surface area contributed by atoms with Crippen LogP contribution in [0.2, 0.25) is 0 Å². The van der Waals surface area contributed by atoms with E-state index >= 15 is 0 Å². The number of nitrogens with one attached hydrogen (secondary N) is 2. The Kier molecular flexibility index (Phi) is 10.5. The van der Waals surface area contributed by atoms with Crippen molar-refractivity contribution >= 4 is 18.0 Å². The zero-order valence-corrected chi connectivity index (χ0v) is 20.4. The van der Waals surface area contributed by atoms with E-state index in [-0.39, 0.29) is 17.9 Å². The summed E-state index contributed by atoms with van der Waals surface area (Å²) in [6, 6.07) is 14.3. The molecule has 0 aliphatic carbocycles. The number of hydrazone groups is 1. The molecule has 2 N–H and O–H groups in total.